The molecule has 5 heteroatoms. The topological polar surface area (TPSA) is 70.6 Å². The zero-order chi connectivity index (χ0) is 11.8. The summed E-state index contributed by atoms with van der Waals surface area (Å²) in [5, 5.41) is 15.0. The minimum absolute atomic E-state index is 0.0700. The van der Waals surface area contributed by atoms with Gasteiger partial charge in [-0.2, -0.15) is 0 Å². The molecule has 0 bridgehead atoms. The lowest BCUT2D eigenvalue weighted by Gasteiger charge is -2.24. The van der Waals surface area contributed by atoms with E-state index in [9.17, 15) is 4.79 Å². The Morgan fingerprint density at radius 3 is 2.81 bits per heavy atom. The van der Waals surface area contributed by atoms with E-state index in [0.29, 0.717) is 13.0 Å². The van der Waals surface area contributed by atoms with Crippen LogP contribution in [0, 0.1) is 5.92 Å². The molecule has 1 atom stereocenters. The maximum atomic E-state index is 11.9. The number of carbonyl (C=O) groups is 1. The van der Waals surface area contributed by atoms with E-state index in [0.717, 1.165) is 25.9 Å². The van der Waals surface area contributed by atoms with Crippen LogP contribution in [0.1, 0.15) is 19.3 Å². The van der Waals surface area contributed by atoms with E-state index in [1.807, 2.05) is 0 Å². The molecule has 0 aromatic heterocycles. The number of ether oxygens (including phenoxy) is 1. The minimum atomic E-state index is -0.0719. The fourth-order valence-corrected chi connectivity index (χ4v) is 1.96. The molecule has 1 saturated heterocycles. The molecule has 1 aliphatic heterocycles. The van der Waals surface area contributed by atoms with Gasteiger partial charge in [0.1, 0.15) is 0 Å². The van der Waals surface area contributed by atoms with Crippen molar-refractivity contribution >= 4 is 5.91 Å². The predicted molar refractivity (Wildman–Crippen MR) is 61.1 cm³/mol. The normalized spacial score (nSPS) is 19.4. The number of carbonyl (C=O) groups excluding carboxylic acids is 1. The Bertz CT molecular complexity index is 199. The molecule has 0 aromatic carbocycles. The third kappa shape index (κ3) is 4.47. The summed E-state index contributed by atoms with van der Waals surface area (Å²) in [5.41, 5.74) is 0. The van der Waals surface area contributed by atoms with Crippen LogP contribution < -0.4 is 10.6 Å². The predicted octanol–water partition coefficient (Wildman–Crippen LogP) is -0.500. The van der Waals surface area contributed by atoms with Gasteiger partial charge in [0.15, 0.2) is 0 Å². The van der Waals surface area contributed by atoms with Gasteiger partial charge < -0.3 is 20.5 Å². The molecule has 1 aliphatic rings. The molecule has 1 heterocycles. The van der Waals surface area contributed by atoms with Gasteiger partial charge in [-0.25, -0.2) is 0 Å². The van der Waals surface area contributed by atoms with Crippen molar-refractivity contribution in [1.82, 2.24) is 10.6 Å². The van der Waals surface area contributed by atoms with Gasteiger partial charge in [0.25, 0.3) is 0 Å². The second kappa shape index (κ2) is 7.60. The van der Waals surface area contributed by atoms with Crippen molar-refractivity contribution in [2.24, 2.45) is 5.92 Å². The smallest absolute Gasteiger partial charge is 0.223 e. The van der Waals surface area contributed by atoms with Crippen LogP contribution in [0.4, 0.5) is 0 Å². The van der Waals surface area contributed by atoms with Crippen LogP contribution in [0.2, 0.25) is 0 Å². The first-order valence-electron chi connectivity index (χ1n) is 5.88. The third-order valence-corrected chi connectivity index (χ3v) is 2.90. The van der Waals surface area contributed by atoms with E-state index in [4.69, 9.17) is 9.84 Å². The number of hydrogen-bond donors (Lipinski definition) is 3. The van der Waals surface area contributed by atoms with Crippen LogP contribution in [0.3, 0.4) is 0 Å². The first-order valence-corrected chi connectivity index (χ1v) is 5.88. The van der Waals surface area contributed by atoms with Gasteiger partial charge in [0.05, 0.1) is 12.6 Å². The number of rotatable bonds is 6. The van der Waals surface area contributed by atoms with E-state index >= 15 is 0 Å². The molecule has 1 unspecified atom stereocenters. The molecule has 3 N–H and O–H groups in total. The average Bonchev–Trinajstić information content (AvgIpc) is 2.31. The molecule has 1 fully saturated rings. The molecule has 0 aliphatic carbocycles. The molecular weight excluding hydrogens is 208 g/mol. The summed E-state index contributed by atoms with van der Waals surface area (Å²) in [6.07, 6.45) is 2.33. The molecule has 1 rings (SSSR count). The lowest BCUT2D eigenvalue weighted by atomic mass is 9.97. The highest BCUT2D eigenvalue weighted by Gasteiger charge is 2.22. The maximum absolute atomic E-state index is 11.9. The quantitative estimate of drug-likeness (QED) is 0.575. The molecule has 16 heavy (non-hydrogen) atoms. The number of amides is 1. The van der Waals surface area contributed by atoms with E-state index < -0.39 is 0 Å². The van der Waals surface area contributed by atoms with Crippen LogP contribution in [-0.2, 0) is 9.53 Å². The molecule has 0 aromatic rings. The second-order valence-electron chi connectivity index (χ2n) is 4.20. The van der Waals surface area contributed by atoms with Crippen molar-refractivity contribution in [3.8, 4) is 0 Å². The lowest BCUT2D eigenvalue weighted by Crippen LogP contribution is -2.44. The summed E-state index contributed by atoms with van der Waals surface area (Å²) in [4.78, 5) is 11.9. The Balaban J connectivity index is 2.33. The van der Waals surface area contributed by atoms with Gasteiger partial charge in [0, 0.05) is 19.6 Å². The number of aliphatic hydroxyl groups is 1. The minimum Gasteiger partial charge on any atom is -0.396 e. The highest BCUT2D eigenvalue weighted by atomic mass is 16.5. The summed E-state index contributed by atoms with van der Waals surface area (Å²) >= 11 is 0. The number of hydrogen-bond acceptors (Lipinski definition) is 4. The second-order valence-corrected chi connectivity index (χ2v) is 4.20. The van der Waals surface area contributed by atoms with E-state index in [1.165, 1.54) is 0 Å². The van der Waals surface area contributed by atoms with E-state index in [1.54, 1.807) is 7.11 Å². The zero-order valence-corrected chi connectivity index (χ0v) is 9.87. The van der Waals surface area contributed by atoms with Gasteiger partial charge in [-0.1, -0.05) is 0 Å². The Morgan fingerprint density at radius 2 is 2.25 bits per heavy atom. The average molecular weight is 230 g/mol. The van der Waals surface area contributed by atoms with Gasteiger partial charge in [-0.3, -0.25) is 4.79 Å². The molecule has 94 valence electrons. The Kier molecular flexibility index (Phi) is 6.37. The van der Waals surface area contributed by atoms with Gasteiger partial charge in [-0.05, 0) is 32.4 Å². The van der Waals surface area contributed by atoms with Crippen LogP contribution in [0.5, 0.6) is 0 Å². The van der Waals surface area contributed by atoms with Gasteiger partial charge >= 0.3 is 0 Å². The molecule has 0 saturated carbocycles. The van der Waals surface area contributed by atoms with E-state index in [2.05, 4.69) is 10.6 Å². The summed E-state index contributed by atoms with van der Waals surface area (Å²) in [6.45, 7) is 2.35. The summed E-state index contributed by atoms with van der Waals surface area (Å²) in [5.74, 6) is 0.205. The van der Waals surface area contributed by atoms with Crippen molar-refractivity contribution in [2.75, 3.05) is 33.4 Å². The Labute approximate surface area is 96.6 Å². The molecule has 1 amide bonds. The van der Waals surface area contributed by atoms with Crippen LogP contribution in [-0.4, -0.2) is 50.5 Å². The van der Waals surface area contributed by atoms with Gasteiger partial charge in [-0.15, -0.1) is 0 Å². The SMILES string of the molecule is COCC(CCO)NC(=O)C1CCNCC1. The number of nitrogens with one attached hydrogen (secondary N) is 2. The molecular formula is C11H22N2O3. The summed E-state index contributed by atoms with van der Waals surface area (Å²) in [7, 11) is 1.60. The summed E-state index contributed by atoms with van der Waals surface area (Å²) < 4.78 is 5.01. The summed E-state index contributed by atoms with van der Waals surface area (Å²) in [6, 6.07) is -0.0719. The Morgan fingerprint density at radius 1 is 1.56 bits per heavy atom. The van der Waals surface area contributed by atoms with Crippen LogP contribution in [0.15, 0.2) is 0 Å². The lowest BCUT2D eigenvalue weighted by molar-refractivity contribution is -0.127. The molecule has 0 spiro atoms. The van der Waals surface area contributed by atoms with E-state index in [-0.39, 0.29) is 24.5 Å². The first kappa shape index (κ1) is 13.4. The zero-order valence-electron chi connectivity index (χ0n) is 9.87. The highest BCUT2D eigenvalue weighted by molar-refractivity contribution is 5.79. The molecule has 5 nitrogen and oxygen atoms in total. The van der Waals surface area contributed by atoms with Crippen LogP contribution in [0.25, 0.3) is 0 Å². The maximum Gasteiger partial charge on any atom is 0.223 e. The van der Waals surface area contributed by atoms with Crippen molar-refractivity contribution in [2.45, 2.75) is 25.3 Å². The third-order valence-electron chi connectivity index (χ3n) is 2.90. The van der Waals surface area contributed by atoms with Gasteiger partial charge in [0.2, 0.25) is 5.91 Å². The Hall–Kier alpha value is -0.650. The number of aliphatic hydroxyl groups excluding tert-OH is 1. The van der Waals surface area contributed by atoms with Crippen molar-refractivity contribution < 1.29 is 14.6 Å². The number of methoxy groups -OCH3 is 1. The van der Waals surface area contributed by atoms with Crippen molar-refractivity contribution in [3.05, 3.63) is 0 Å². The molecule has 0 radical (unpaired) electrons. The first-order chi connectivity index (χ1) is 7.77. The monoisotopic (exact) mass is 230 g/mol. The highest BCUT2D eigenvalue weighted by Crippen LogP contribution is 2.12. The van der Waals surface area contributed by atoms with Crippen molar-refractivity contribution in [3.63, 3.8) is 0 Å². The largest absolute Gasteiger partial charge is 0.396 e. The standard InChI is InChI=1S/C11H22N2O3/c1-16-8-10(4-7-14)13-11(15)9-2-5-12-6-3-9/h9-10,12,14H,2-8H2,1H3,(H,13,15). The van der Waals surface area contributed by atoms with Crippen molar-refractivity contribution in [1.29, 1.82) is 0 Å². The van der Waals surface area contributed by atoms with Crippen LogP contribution >= 0.6 is 0 Å². The fraction of sp³-hybridized carbons (Fsp3) is 0.909. The fourth-order valence-electron chi connectivity index (χ4n) is 1.96. The number of piperidine rings is 1.